The Kier molecular flexibility index (Phi) is 4.46. The number of ether oxygens (including phenoxy) is 2. The van der Waals surface area contributed by atoms with Crippen LogP contribution in [0.25, 0.3) is 0 Å². The Labute approximate surface area is 132 Å². The molecule has 0 amide bonds. The molecule has 0 radical (unpaired) electrons. The topological polar surface area (TPSA) is 35.5 Å². The number of Topliss-reactive ketones (excluding diaryl/α,β-unsaturated/α-hetero) is 1. The summed E-state index contributed by atoms with van der Waals surface area (Å²) in [5.74, 6) is 0.372. The zero-order chi connectivity index (χ0) is 15.5. The van der Waals surface area contributed by atoms with Gasteiger partial charge in [0.2, 0.25) is 0 Å². The van der Waals surface area contributed by atoms with Crippen LogP contribution in [-0.2, 0) is 20.9 Å². The summed E-state index contributed by atoms with van der Waals surface area (Å²) < 4.78 is 11.4. The maximum Gasteiger partial charge on any atom is 0.143 e. The summed E-state index contributed by atoms with van der Waals surface area (Å²) in [5.41, 5.74) is 0.692. The highest BCUT2D eigenvalue weighted by Crippen LogP contribution is 2.50. The van der Waals surface area contributed by atoms with Crippen LogP contribution in [0.15, 0.2) is 42.5 Å². The highest BCUT2D eigenvalue weighted by atomic mass is 16.5. The molecule has 3 nitrogen and oxygen atoms in total. The number of carbonyl (C=O) groups excluding carboxylic acids is 1. The second-order valence-electron chi connectivity index (χ2n) is 6.50. The van der Waals surface area contributed by atoms with Crippen LogP contribution < -0.4 is 0 Å². The first-order valence-electron chi connectivity index (χ1n) is 8.09. The van der Waals surface area contributed by atoms with Crippen LogP contribution in [0.2, 0.25) is 0 Å². The van der Waals surface area contributed by atoms with Gasteiger partial charge in [0.1, 0.15) is 5.78 Å². The van der Waals surface area contributed by atoms with Gasteiger partial charge in [-0.05, 0) is 31.2 Å². The first kappa shape index (κ1) is 15.4. The molecule has 1 saturated carbocycles. The van der Waals surface area contributed by atoms with E-state index in [2.05, 4.69) is 24.3 Å². The van der Waals surface area contributed by atoms with Gasteiger partial charge in [-0.3, -0.25) is 4.79 Å². The van der Waals surface area contributed by atoms with Gasteiger partial charge in [0, 0.05) is 20.1 Å². The molecule has 1 aromatic rings. The fourth-order valence-electron chi connectivity index (χ4n) is 3.71. The lowest BCUT2D eigenvalue weighted by molar-refractivity contribution is -0.134. The third-order valence-corrected chi connectivity index (χ3v) is 5.08. The van der Waals surface area contributed by atoms with E-state index < -0.39 is 0 Å². The molecule has 0 aromatic heterocycles. The van der Waals surface area contributed by atoms with Crippen molar-refractivity contribution in [2.24, 2.45) is 5.41 Å². The van der Waals surface area contributed by atoms with Crippen molar-refractivity contribution in [3.8, 4) is 0 Å². The Balaban J connectivity index is 1.47. The molecule has 0 aliphatic heterocycles. The SMILES string of the molecule is COC12C=CC(CCCOCc3ccccc3)(C1)C(=O)CC2. The second-order valence-corrected chi connectivity index (χ2v) is 6.50. The Morgan fingerprint density at radius 1 is 1.18 bits per heavy atom. The van der Waals surface area contributed by atoms with Crippen molar-refractivity contribution in [3.63, 3.8) is 0 Å². The minimum absolute atomic E-state index is 0.196. The van der Waals surface area contributed by atoms with E-state index in [4.69, 9.17) is 9.47 Å². The summed E-state index contributed by atoms with van der Waals surface area (Å²) in [4.78, 5) is 12.4. The van der Waals surface area contributed by atoms with Crippen molar-refractivity contribution in [2.75, 3.05) is 13.7 Å². The number of carbonyl (C=O) groups is 1. The molecule has 2 aliphatic rings. The molecule has 2 atom stereocenters. The third-order valence-electron chi connectivity index (χ3n) is 5.08. The van der Waals surface area contributed by atoms with Crippen molar-refractivity contribution < 1.29 is 14.3 Å². The number of methoxy groups -OCH3 is 1. The predicted octanol–water partition coefficient (Wildman–Crippen LogP) is 3.68. The highest BCUT2D eigenvalue weighted by molar-refractivity contribution is 5.89. The fraction of sp³-hybridized carbons (Fsp3) is 0.526. The van der Waals surface area contributed by atoms with Crippen LogP contribution in [0, 0.1) is 5.41 Å². The average molecular weight is 300 g/mol. The molecule has 0 heterocycles. The average Bonchev–Trinajstić information content (AvgIpc) is 2.88. The minimum atomic E-state index is -0.301. The van der Waals surface area contributed by atoms with E-state index in [1.54, 1.807) is 7.11 Å². The monoisotopic (exact) mass is 300 g/mol. The predicted molar refractivity (Wildman–Crippen MR) is 85.5 cm³/mol. The summed E-state index contributed by atoms with van der Waals surface area (Å²) in [6.45, 7) is 1.33. The number of fused-ring (bicyclic) bond motifs is 2. The molecule has 0 saturated heterocycles. The van der Waals surface area contributed by atoms with E-state index in [0.717, 1.165) is 25.7 Å². The Morgan fingerprint density at radius 2 is 2.00 bits per heavy atom. The number of hydrogen-bond donors (Lipinski definition) is 0. The zero-order valence-electron chi connectivity index (χ0n) is 13.2. The number of ketones is 1. The Bertz CT molecular complexity index is 551. The van der Waals surface area contributed by atoms with Crippen LogP contribution in [0.4, 0.5) is 0 Å². The van der Waals surface area contributed by atoms with Gasteiger partial charge in [0.15, 0.2) is 0 Å². The van der Waals surface area contributed by atoms with Gasteiger partial charge in [-0.2, -0.15) is 0 Å². The Hall–Kier alpha value is -1.45. The van der Waals surface area contributed by atoms with Gasteiger partial charge >= 0.3 is 0 Å². The van der Waals surface area contributed by atoms with Gasteiger partial charge in [-0.25, -0.2) is 0 Å². The smallest absolute Gasteiger partial charge is 0.143 e. The molecule has 22 heavy (non-hydrogen) atoms. The summed E-state index contributed by atoms with van der Waals surface area (Å²) in [5, 5.41) is 0. The van der Waals surface area contributed by atoms with Crippen LogP contribution >= 0.6 is 0 Å². The van der Waals surface area contributed by atoms with E-state index in [-0.39, 0.29) is 11.0 Å². The van der Waals surface area contributed by atoms with Crippen LogP contribution in [0.1, 0.15) is 37.7 Å². The first-order chi connectivity index (χ1) is 10.7. The molecule has 1 aromatic carbocycles. The molecule has 2 bridgehead atoms. The number of hydrogen-bond acceptors (Lipinski definition) is 3. The highest BCUT2D eigenvalue weighted by Gasteiger charge is 2.51. The van der Waals surface area contributed by atoms with Crippen molar-refractivity contribution in [1.29, 1.82) is 0 Å². The molecular weight excluding hydrogens is 276 g/mol. The molecule has 0 spiro atoms. The standard InChI is InChI=1S/C19H24O3/c1-21-19-10-8-17(20)18(15-19,11-12-19)9-5-13-22-14-16-6-3-2-4-7-16/h2-4,6-7,11-12H,5,8-10,13-15H2,1H3. The lowest BCUT2D eigenvalue weighted by atomic mass is 9.70. The fourth-order valence-corrected chi connectivity index (χ4v) is 3.71. The maximum absolute atomic E-state index is 12.4. The van der Waals surface area contributed by atoms with E-state index >= 15 is 0 Å². The summed E-state index contributed by atoms with van der Waals surface area (Å²) in [6, 6.07) is 10.2. The maximum atomic E-state index is 12.4. The van der Waals surface area contributed by atoms with Gasteiger partial charge in [0.05, 0.1) is 17.6 Å². The molecule has 3 rings (SSSR count). The van der Waals surface area contributed by atoms with E-state index in [1.807, 2.05) is 18.2 Å². The first-order valence-corrected chi connectivity index (χ1v) is 8.09. The third kappa shape index (κ3) is 3.01. The van der Waals surface area contributed by atoms with Gasteiger partial charge in [0.25, 0.3) is 0 Å². The van der Waals surface area contributed by atoms with Crippen molar-refractivity contribution >= 4 is 5.78 Å². The van der Waals surface area contributed by atoms with E-state index in [9.17, 15) is 4.79 Å². The number of benzene rings is 1. The molecule has 118 valence electrons. The van der Waals surface area contributed by atoms with E-state index in [0.29, 0.717) is 25.4 Å². The molecule has 3 heteroatoms. The summed E-state index contributed by atoms with van der Waals surface area (Å²) in [7, 11) is 1.75. The normalized spacial score (nSPS) is 30.0. The van der Waals surface area contributed by atoms with Gasteiger partial charge in [-0.15, -0.1) is 0 Å². The number of allylic oxidation sites excluding steroid dienone is 1. The van der Waals surface area contributed by atoms with Gasteiger partial charge in [-0.1, -0.05) is 42.5 Å². The van der Waals surface area contributed by atoms with Crippen LogP contribution in [0.3, 0.4) is 0 Å². The van der Waals surface area contributed by atoms with Gasteiger partial charge < -0.3 is 9.47 Å². The molecule has 1 fully saturated rings. The minimum Gasteiger partial charge on any atom is -0.377 e. The van der Waals surface area contributed by atoms with Crippen LogP contribution in [-0.4, -0.2) is 25.1 Å². The lowest BCUT2D eigenvalue weighted by Crippen LogP contribution is -2.41. The Morgan fingerprint density at radius 3 is 2.77 bits per heavy atom. The van der Waals surface area contributed by atoms with E-state index in [1.165, 1.54) is 5.56 Å². The lowest BCUT2D eigenvalue weighted by Gasteiger charge is -2.37. The molecular formula is C19H24O3. The zero-order valence-corrected chi connectivity index (χ0v) is 13.2. The van der Waals surface area contributed by atoms with Crippen molar-refractivity contribution in [2.45, 2.75) is 44.3 Å². The van der Waals surface area contributed by atoms with Crippen molar-refractivity contribution in [1.82, 2.24) is 0 Å². The van der Waals surface area contributed by atoms with Crippen LogP contribution in [0.5, 0.6) is 0 Å². The quantitative estimate of drug-likeness (QED) is 0.569. The largest absolute Gasteiger partial charge is 0.377 e. The second kappa shape index (κ2) is 6.35. The summed E-state index contributed by atoms with van der Waals surface area (Å²) in [6.07, 6.45) is 8.25. The number of rotatable bonds is 7. The molecule has 0 N–H and O–H groups in total. The molecule has 2 aliphatic carbocycles. The summed E-state index contributed by atoms with van der Waals surface area (Å²) >= 11 is 0. The molecule has 2 unspecified atom stereocenters. The van der Waals surface area contributed by atoms with Crippen molar-refractivity contribution in [3.05, 3.63) is 48.0 Å².